The molecule has 2 aromatic rings. The topological polar surface area (TPSA) is 67.6 Å². The van der Waals surface area contributed by atoms with Crippen molar-refractivity contribution in [3.8, 4) is 0 Å². The van der Waals surface area contributed by atoms with Crippen molar-refractivity contribution in [1.82, 2.24) is 10.3 Å². The molecule has 0 radical (unpaired) electrons. The summed E-state index contributed by atoms with van der Waals surface area (Å²) in [6.07, 6.45) is 0.967. The van der Waals surface area contributed by atoms with E-state index in [1.54, 1.807) is 18.0 Å². The molecule has 1 aromatic carbocycles. The number of carbonyl (C=O) groups is 1. The first-order valence-corrected chi connectivity index (χ1v) is 6.19. The smallest absolute Gasteiger partial charge is 0.257 e. The van der Waals surface area contributed by atoms with Crippen LogP contribution >= 0.6 is 0 Å². The zero-order valence-electron chi connectivity index (χ0n) is 10.6. The molecule has 100 valence electrons. The van der Waals surface area contributed by atoms with Crippen LogP contribution in [0.4, 0.5) is 5.69 Å². The van der Waals surface area contributed by atoms with E-state index in [-0.39, 0.29) is 5.91 Å². The van der Waals surface area contributed by atoms with Crippen LogP contribution in [0.3, 0.4) is 0 Å². The first-order chi connectivity index (χ1) is 9.25. The molecule has 0 saturated carbocycles. The molecule has 1 N–H and O–H groups in total. The summed E-state index contributed by atoms with van der Waals surface area (Å²) in [5, 5.41) is 3.15. The molecule has 1 fully saturated rings. The molecule has 1 aliphatic heterocycles. The number of fused-ring (bicyclic) bond motifs is 1. The van der Waals surface area contributed by atoms with Crippen molar-refractivity contribution in [3.05, 3.63) is 24.6 Å². The van der Waals surface area contributed by atoms with Gasteiger partial charge in [0.15, 0.2) is 12.0 Å². The third-order valence-corrected chi connectivity index (χ3v) is 3.24. The Kier molecular flexibility index (Phi) is 3.18. The minimum absolute atomic E-state index is 0.0638. The highest BCUT2D eigenvalue weighted by Gasteiger charge is 2.25. The van der Waals surface area contributed by atoms with Crippen molar-refractivity contribution in [3.63, 3.8) is 0 Å². The zero-order chi connectivity index (χ0) is 13.2. The molecule has 0 aliphatic carbocycles. The minimum Gasteiger partial charge on any atom is -0.443 e. The lowest BCUT2D eigenvalue weighted by Gasteiger charge is -2.27. The molecule has 3 rings (SSSR count). The molecule has 1 unspecified atom stereocenters. The number of morpholine rings is 1. The van der Waals surface area contributed by atoms with Gasteiger partial charge in [-0.2, -0.15) is 0 Å². The van der Waals surface area contributed by atoms with E-state index in [2.05, 4.69) is 10.3 Å². The molecule has 1 saturated heterocycles. The highest BCUT2D eigenvalue weighted by molar-refractivity contribution is 5.97. The van der Waals surface area contributed by atoms with Crippen LogP contribution in [0.1, 0.15) is 0 Å². The van der Waals surface area contributed by atoms with Crippen LogP contribution in [0, 0.1) is 0 Å². The highest BCUT2D eigenvalue weighted by Crippen LogP contribution is 2.21. The highest BCUT2D eigenvalue weighted by atomic mass is 16.5. The van der Waals surface area contributed by atoms with E-state index in [1.165, 1.54) is 6.39 Å². The summed E-state index contributed by atoms with van der Waals surface area (Å²) in [4.78, 5) is 17.9. The first-order valence-electron chi connectivity index (χ1n) is 6.19. The van der Waals surface area contributed by atoms with Gasteiger partial charge in [0.1, 0.15) is 11.6 Å². The van der Waals surface area contributed by atoms with Crippen LogP contribution < -0.4 is 10.2 Å². The monoisotopic (exact) mass is 261 g/mol. The van der Waals surface area contributed by atoms with E-state index in [1.807, 2.05) is 12.1 Å². The van der Waals surface area contributed by atoms with Crippen molar-refractivity contribution in [2.24, 2.45) is 0 Å². The number of hydrogen-bond acceptors (Lipinski definition) is 5. The Bertz CT molecular complexity index is 590. The van der Waals surface area contributed by atoms with Crippen molar-refractivity contribution in [1.29, 1.82) is 0 Å². The number of anilines is 1. The Hall–Kier alpha value is -1.92. The SMILES string of the molecule is CN(C(=O)C1CNCCO1)c1ccc2ncoc2c1. The number of carbonyl (C=O) groups excluding carboxylic acids is 1. The van der Waals surface area contributed by atoms with E-state index < -0.39 is 6.10 Å². The summed E-state index contributed by atoms with van der Waals surface area (Å²) < 4.78 is 10.7. The maximum Gasteiger partial charge on any atom is 0.257 e. The molecule has 1 amide bonds. The van der Waals surface area contributed by atoms with Gasteiger partial charge in [-0.3, -0.25) is 4.79 Å². The fourth-order valence-electron chi connectivity index (χ4n) is 2.12. The van der Waals surface area contributed by atoms with E-state index in [0.717, 1.165) is 17.7 Å². The number of nitrogens with zero attached hydrogens (tertiary/aromatic N) is 2. The van der Waals surface area contributed by atoms with Crippen LogP contribution in [0.25, 0.3) is 11.1 Å². The molecule has 6 nitrogen and oxygen atoms in total. The van der Waals surface area contributed by atoms with Gasteiger partial charge in [-0.1, -0.05) is 0 Å². The van der Waals surface area contributed by atoms with Crippen LogP contribution in [-0.2, 0) is 9.53 Å². The quantitative estimate of drug-likeness (QED) is 0.865. The number of hydrogen-bond donors (Lipinski definition) is 1. The van der Waals surface area contributed by atoms with E-state index in [0.29, 0.717) is 18.7 Å². The Morgan fingerprint density at radius 2 is 2.42 bits per heavy atom. The van der Waals surface area contributed by atoms with Crippen LogP contribution in [0.15, 0.2) is 29.0 Å². The average molecular weight is 261 g/mol. The normalized spacial score (nSPS) is 19.5. The maximum absolute atomic E-state index is 12.3. The number of rotatable bonds is 2. The second-order valence-electron chi connectivity index (χ2n) is 4.47. The predicted octanol–water partition coefficient (Wildman–Crippen LogP) is 0.779. The summed E-state index contributed by atoms with van der Waals surface area (Å²) in [5.74, 6) is -0.0638. The summed E-state index contributed by atoms with van der Waals surface area (Å²) in [5.41, 5.74) is 2.21. The number of oxazole rings is 1. The third-order valence-electron chi connectivity index (χ3n) is 3.24. The van der Waals surface area contributed by atoms with E-state index >= 15 is 0 Å². The number of ether oxygens (including phenoxy) is 1. The molecule has 0 bridgehead atoms. The van der Waals surface area contributed by atoms with Gasteiger partial charge >= 0.3 is 0 Å². The Balaban J connectivity index is 1.81. The molecular formula is C13H15N3O3. The standard InChI is InChI=1S/C13H15N3O3/c1-16(13(17)12-7-14-4-5-18-12)9-2-3-10-11(6-9)19-8-15-10/h2-3,6,8,12,14H,4-5,7H2,1H3. The first kappa shape index (κ1) is 12.1. The zero-order valence-corrected chi connectivity index (χ0v) is 10.6. The minimum atomic E-state index is -0.427. The van der Waals surface area contributed by atoms with Crippen molar-refractivity contribution < 1.29 is 13.9 Å². The van der Waals surface area contributed by atoms with Gasteiger partial charge in [0.2, 0.25) is 0 Å². The van der Waals surface area contributed by atoms with Gasteiger partial charge in [-0.25, -0.2) is 4.98 Å². The van der Waals surface area contributed by atoms with Gasteiger partial charge in [0.25, 0.3) is 5.91 Å². The average Bonchev–Trinajstić information content (AvgIpc) is 2.94. The lowest BCUT2D eigenvalue weighted by atomic mass is 10.2. The summed E-state index contributed by atoms with van der Waals surface area (Å²) in [7, 11) is 1.73. The summed E-state index contributed by atoms with van der Waals surface area (Å²) in [6, 6.07) is 5.48. The van der Waals surface area contributed by atoms with Gasteiger partial charge in [0, 0.05) is 31.9 Å². The van der Waals surface area contributed by atoms with Gasteiger partial charge in [0.05, 0.1) is 6.61 Å². The fourth-order valence-corrected chi connectivity index (χ4v) is 2.12. The molecular weight excluding hydrogens is 246 g/mol. The van der Waals surface area contributed by atoms with Crippen LogP contribution in [0.2, 0.25) is 0 Å². The molecule has 1 aromatic heterocycles. The number of likely N-dealkylation sites (N-methyl/N-ethyl adjacent to an activating group) is 1. The molecule has 2 heterocycles. The van der Waals surface area contributed by atoms with Crippen molar-refractivity contribution in [2.75, 3.05) is 31.6 Å². The lowest BCUT2D eigenvalue weighted by Crippen LogP contribution is -2.48. The summed E-state index contributed by atoms with van der Waals surface area (Å²) >= 11 is 0. The lowest BCUT2D eigenvalue weighted by molar-refractivity contribution is -0.131. The van der Waals surface area contributed by atoms with E-state index in [9.17, 15) is 4.79 Å². The maximum atomic E-state index is 12.3. The van der Waals surface area contributed by atoms with Crippen molar-refractivity contribution >= 4 is 22.7 Å². The largest absolute Gasteiger partial charge is 0.443 e. The number of aromatic nitrogens is 1. The summed E-state index contributed by atoms with van der Waals surface area (Å²) in [6.45, 7) is 1.90. The molecule has 1 atom stereocenters. The second-order valence-corrected chi connectivity index (χ2v) is 4.47. The second kappa shape index (κ2) is 4.99. The van der Waals surface area contributed by atoms with Crippen LogP contribution in [0.5, 0.6) is 0 Å². The van der Waals surface area contributed by atoms with Gasteiger partial charge in [-0.05, 0) is 12.1 Å². The Morgan fingerprint density at radius 3 is 3.21 bits per heavy atom. The van der Waals surface area contributed by atoms with Crippen molar-refractivity contribution in [2.45, 2.75) is 6.10 Å². The molecule has 19 heavy (non-hydrogen) atoms. The number of nitrogens with one attached hydrogen (secondary N) is 1. The Labute approximate surface area is 110 Å². The van der Waals surface area contributed by atoms with Gasteiger partial charge in [-0.15, -0.1) is 0 Å². The number of amides is 1. The fraction of sp³-hybridized carbons (Fsp3) is 0.385. The number of benzene rings is 1. The molecule has 0 spiro atoms. The van der Waals surface area contributed by atoms with Gasteiger partial charge < -0.3 is 19.4 Å². The third kappa shape index (κ3) is 2.32. The predicted molar refractivity (Wildman–Crippen MR) is 70.0 cm³/mol. The van der Waals surface area contributed by atoms with Crippen LogP contribution in [-0.4, -0.2) is 43.7 Å². The van der Waals surface area contributed by atoms with E-state index in [4.69, 9.17) is 9.15 Å². The molecule has 6 heteroatoms. The Morgan fingerprint density at radius 1 is 1.53 bits per heavy atom. The molecule has 1 aliphatic rings.